The van der Waals surface area contributed by atoms with Gasteiger partial charge in [-0.25, -0.2) is 0 Å². The molecule has 0 saturated heterocycles. The maximum absolute atomic E-state index is 13.2. The van der Waals surface area contributed by atoms with Crippen molar-refractivity contribution in [2.24, 2.45) is 0 Å². The Balaban J connectivity index is 2.18. The maximum atomic E-state index is 13.2. The van der Waals surface area contributed by atoms with Crippen LogP contribution in [0.25, 0.3) is 21.6 Å². The Labute approximate surface area is 147 Å². The van der Waals surface area contributed by atoms with Crippen LogP contribution in [0.4, 0.5) is 0 Å². The molecule has 0 radical (unpaired) electrons. The molecule has 3 aromatic rings. The summed E-state index contributed by atoms with van der Waals surface area (Å²) in [5.74, 6) is 0.110. The van der Waals surface area contributed by atoms with Gasteiger partial charge in [-0.1, -0.05) is 60.7 Å². The number of amides is 1. The molecular formula is C21H21NOS. The average molecular weight is 335 g/mol. The molecule has 24 heavy (non-hydrogen) atoms. The highest BCUT2D eigenvalue weighted by Crippen LogP contribution is 2.38. The van der Waals surface area contributed by atoms with Gasteiger partial charge in [-0.15, -0.1) is 11.3 Å². The molecule has 2 aromatic carbocycles. The van der Waals surface area contributed by atoms with E-state index in [-0.39, 0.29) is 5.91 Å². The van der Waals surface area contributed by atoms with E-state index in [0.717, 1.165) is 27.1 Å². The van der Waals surface area contributed by atoms with E-state index in [9.17, 15) is 4.79 Å². The minimum absolute atomic E-state index is 0.110. The van der Waals surface area contributed by atoms with Crippen molar-refractivity contribution in [3.63, 3.8) is 0 Å². The first-order chi connectivity index (χ1) is 11.8. The van der Waals surface area contributed by atoms with Gasteiger partial charge in [-0.05, 0) is 25.0 Å². The van der Waals surface area contributed by atoms with Crippen LogP contribution in [0.3, 0.4) is 0 Å². The summed E-state index contributed by atoms with van der Waals surface area (Å²) in [5, 5.41) is 2.11. The van der Waals surface area contributed by atoms with Crippen LogP contribution >= 0.6 is 11.3 Å². The second-order valence-corrected chi connectivity index (χ2v) is 6.44. The van der Waals surface area contributed by atoms with E-state index in [0.29, 0.717) is 13.1 Å². The standard InChI is InChI=1S/C21H21NOS/c1-3-22(4-2)21(23)19-18(16-11-7-5-8-12-16)15-24-20(19)17-13-9-6-10-14-17/h5-15H,3-4H2,1-2H3. The normalized spacial score (nSPS) is 10.6. The van der Waals surface area contributed by atoms with Gasteiger partial charge in [0, 0.05) is 28.9 Å². The number of hydrogen-bond donors (Lipinski definition) is 0. The number of carbonyl (C=O) groups is 1. The Bertz CT molecular complexity index is 747. The first-order valence-electron chi connectivity index (χ1n) is 8.27. The summed E-state index contributed by atoms with van der Waals surface area (Å²) in [4.78, 5) is 16.1. The SMILES string of the molecule is CCN(CC)C(=O)c1c(-c2ccccc2)csc1-c1ccccc1. The van der Waals surface area contributed by atoms with Crippen molar-refractivity contribution in [2.75, 3.05) is 13.1 Å². The summed E-state index contributed by atoms with van der Waals surface area (Å²) < 4.78 is 0. The molecule has 0 N–H and O–H groups in total. The van der Waals surface area contributed by atoms with Gasteiger partial charge in [0.2, 0.25) is 0 Å². The van der Waals surface area contributed by atoms with Gasteiger partial charge in [0.25, 0.3) is 5.91 Å². The van der Waals surface area contributed by atoms with E-state index in [1.54, 1.807) is 11.3 Å². The molecule has 1 amide bonds. The van der Waals surface area contributed by atoms with Crippen LogP contribution in [0.2, 0.25) is 0 Å². The Morgan fingerprint density at radius 2 is 1.42 bits per heavy atom. The summed E-state index contributed by atoms with van der Waals surface area (Å²) in [7, 11) is 0. The molecule has 2 nitrogen and oxygen atoms in total. The lowest BCUT2D eigenvalue weighted by atomic mass is 9.99. The molecule has 0 bridgehead atoms. The minimum atomic E-state index is 0.110. The van der Waals surface area contributed by atoms with E-state index >= 15 is 0 Å². The van der Waals surface area contributed by atoms with Gasteiger partial charge in [-0.2, -0.15) is 0 Å². The molecule has 0 aliphatic carbocycles. The van der Waals surface area contributed by atoms with Crippen molar-refractivity contribution >= 4 is 17.2 Å². The van der Waals surface area contributed by atoms with Gasteiger partial charge in [0.1, 0.15) is 0 Å². The zero-order chi connectivity index (χ0) is 16.9. The molecule has 0 fully saturated rings. The monoisotopic (exact) mass is 335 g/mol. The van der Waals surface area contributed by atoms with Crippen LogP contribution < -0.4 is 0 Å². The Morgan fingerprint density at radius 3 is 1.96 bits per heavy atom. The van der Waals surface area contributed by atoms with E-state index in [1.165, 1.54) is 0 Å². The summed E-state index contributed by atoms with van der Waals surface area (Å²) in [6.45, 7) is 5.48. The molecule has 0 saturated carbocycles. The van der Waals surface area contributed by atoms with E-state index in [4.69, 9.17) is 0 Å². The third-order valence-electron chi connectivity index (χ3n) is 4.18. The highest BCUT2D eigenvalue weighted by molar-refractivity contribution is 7.14. The fourth-order valence-electron chi connectivity index (χ4n) is 2.87. The molecule has 0 atom stereocenters. The third-order valence-corrected chi connectivity index (χ3v) is 5.21. The molecule has 0 aliphatic heterocycles. The zero-order valence-electron chi connectivity index (χ0n) is 14.0. The Morgan fingerprint density at radius 1 is 0.875 bits per heavy atom. The second kappa shape index (κ2) is 7.45. The number of carbonyl (C=O) groups excluding carboxylic acids is 1. The number of thiophene rings is 1. The first-order valence-corrected chi connectivity index (χ1v) is 9.15. The lowest BCUT2D eigenvalue weighted by Crippen LogP contribution is -2.30. The predicted molar refractivity (Wildman–Crippen MR) is 102 cm³/mol. The van der Waals surface area contributed by atoms with Gasteiger partial charge < -0.3 is 4.90 Å². The van der Waals surface area contributed by atoms with Gasteiger partial charge in [-0.3, -0.25) is 4.79 Å². The van der Waals surface area contributed by atoms with Crippen molar-refractivity contribution in [3.8, 4) is 21.6 Å². The van der Waals surface area contributed by atoms with Crippen molar-refractivity contribution in [1.29, 1.82) is 0 Å². The molecule has 0 unspecified atom stereocenters. The summed E-state index contributed by atoms with van der Waals surface area (Å²) in [5.41, 5.74) is 4.03. The van der Waals surface area contributed by atoms with Crippen molar-refractivity contribution in [3.05, 3.63) is 71.6 Å². The Hall–Kier alpha value is -2.39. The maximum Gasteiger partial charge on any atom is 0.255 e. The topological polar surface area (TPSA) is 20.3 Å². The Kier molecular flexibility index (Phi) is 5.11. The predicted octanol–water partition coefficient (Wildman–Crippen LogP) is 5.56. The summed E-state index contributed by atoms with van der Waals surface area (Å²) >= 11 is 1.64. The van der Waals surface area contributed by atoms with Crippen molar-refractivity contribution < 1.29 is 4.79 Å². The second-order valence-electron chi connectivity index (χ2n) is 5.56. The molecule has 3 heteroatoms. The fraction of sp³-hybridized carbons (Fsp3) is 0.190. The number of nitrogens with zero attached hydrogens (tertiary/aromatic N) is 1. The number of rotatable bonds is 5. The molecule has 1 aromatic heterocycles. The van der Waals surface area contributed by atoms with Crippen LogP contribution in [0.15, 0.2) is 66.0 Å². The zero-order valence-corrected chi connectivity index (χ0v) is 14.8. The van der Waals surface area contributed by atoms with Crippen LogP contribution in [0.1, 0.15) is 24.2 Å². The van der Waals surface area contributed by atoms with Crippen molar-refractivity contribution in [1.82, 2.24) is 4.90 Å². The lowest BCUT2D eigenvalue weighted by molar-refractivity contribution is 0.0775. The molecule has 0 spiro atoms. The quantitative estimate of drug-likeness (QED) is 0.597. The number of benzene rings is 2. The van der Waals surface area contributed by atoms with Crippen LogP contribution in [-0.2, 0) is 0 Å². The smallest absolute Gasteiger partial charge is 0.255 e. The minimum Gasteiger partial charge on any atom is -0.339 e. The van der Waals surface area contributed by atoms with Gasteiger partial charge >= 0.3 is 0 Å². The van der Waals surface area contributed by atoms with Gasteiger partial charge in [0.15, 0.2) is 0 Å². The molecule has 122 valence electrons. The lowest BCUT2D eigenvalue weighted by Gasteiger charge is -2.20. The molecule has 3 rings (SSSR count). The molecular weight excluding hydrogens is 314 g/mol. The van der Waals surface area contributed by atoms with Crippen molar-refractivity contribution in [2.45, 2.75) is 13.8 Å². The highest BCUT2D eigenvalue weighted by atomic mass is 32.1. The summed E-state index contributed by atoms with van der Waals surface area (Å²) in [6.07, 6.45) is 0. The average Bonchev–Trinajstić information content (AvgIpc) is 3.09. The number of hydrogen-bond acceptors (Lipinski definition) is 2. The molecule has 0 aliphatic rings. The van der Waals surface area contributed by atoms with E-state index in [1.807, 2.05) is 55.1 Å². The van der Waals surface area contributed by atoms with Gasteiger partial charge in [0.05, 0.1) is 5.56 Å². The van der Waals surface area contributed by atoms with Crippen LogP contribution in [-0.4, -0.2) is 23.9 Å². The highest BCUT2D eigenvalue weighted by Gasteiger charge is 2.24. The third kappa shape index (κ3) is 3.13. The summed E-state index contributed by atoms with van der Waals surface area (Å²) in [6, 6.07) is 20.3. The molecule has 1 heterocycles. The fourth-order valence-corrected chi connectivity index (χ4v) is 3.95. The van der Waals surface area contributed by atoms with E-state index in [2.05, 4.69) is 29.6 Å². The van der Waals surface area contributed by atoms with Crippen LogP contribution in [0, 0.1) is 0 Å². The van der Waals surface area contributed by atoms with Crippen LogP contribution in [0.5, 0.6) is 0 Å². The van der Waals surface area contributed by atoms with E-state index < -0.39 is 0 Å². The largest absolute Gasteiger partial charge is 0.339 e. The first kappa shape index (κ1) is 16.5.